The number of fused-ring (bicyclic) bond motifs is 2. The van der Waals surface area contributed by atoms with E-state index in [1.54, 1.807) is 18.0 Å². The van der Waals surface area contributed by atoms with E-state index in [0.29, 0.717) is 18.0 Å². The molecule has 2 aliphatic heterocycles. The molecule has 0 fully saturated rings. The van der Waals surface area contributed by atoms with Crippen LogP contribution in [-0.4, -0.2) is 45.3 Å². The number of likely N-dealkylation sites (N-methyl/N-ethyl adjacent to an activating group) is 1. The maximum Gasteiger partial charge on any atom is 0.267 e. The van der Waals surface area contributed by atoms with Gasteiger partial charge in [0.1, 0.15) is 12.4 Å². The first-order valence-corrected chi connectivity index (χ1v) is 7.77. The van der Waals surface area contributed by atoms with Gasteiger partial charge >= 0.3 is 0 Å². The van der Waals surface area contributed by atoms with E-state index >= 15 is 0 Å². The van der Waals surface area contributed by atoms with Gasteiger partial charge in [0.15, 0.2) is 17.3 Å². The molecule has 0 saturated heterocycles. The summed E-state index contributed by atoms with van der Waals surface area (Å²) >= 11 is 0. The molecule has 0 spiro atoms. The number of aromatic nitrogens is 3. The van der Waals surface area contributed by atoms with Crippen LogP contribution in [0.2, 0.25) is 0 Å². The molecule has 7 nitrogen and oxygen atoms in total. The molecule has 0 saturated carbocycles. The summed E-state index contributed by atoms with van der Waals surface area (Å²) in [6, 6.07) is 7.38. The largest absolute Gasteiger partial charge is 0.485 e. The average molecular weight is 314 g/mol. The Bertz CT molecular complexity index is 743. The average Bonchev–Trinajstić information content (AvgIpc) is 3.18. The summed E-state index contributed by atoms with van der Waals surface area (Å²) in [6.07, 6.45) is 1.42. The molecule has 7 heteroatoms. The fraction of sp³-hybridized carbons (Fsp3) is 0.438. The van der Waals surface area contributed by atoms with Crippen LogP contribution < -0.4 is 9.47 Å². The highest BCUT2D eigenvalue weighted by atomic mass is 16.6. The summed E-state index contributed by atoms with van der Waals surface area (Å²) in [5.74, 6) is 3.00. The Morgan fingerprint density at radius 2 is 2.17 bits per heavy atom. The second-order valence-corrected chi connectivity index (χ2v) is 5.85. The summed E-state index contributed by atoms with van der Waals surface area (Å²) in [7, 11) is 1.75. The maximum atomic E-state index is 12.6. The van der Waals surface area contributed by atoms with Gasteiger partial charge in [0, 0.05) is 20.0 Å². The number of benzene rings is 1. The number of para-hydroxylation sites is 2. The molecule has 2 aliphatic rings. The van der Waals surface area contributed by atoms with Crippen molar-refractivity contribution < 1.29 is 14.3 Å². The molecule has 1 aromatic carbocycles. The quantitative estimate of drug-likeness (QED) is 0.846. The highest BCUT2D eigenvalue weighted by Gasteiger charge is 2.30. The number of amides is 1. The molecule has 0 radical (unpaired) electrons. The summed E-state index contributed by atoms with van der Waals surface area (Å²) in [5, 5.41) is 8.36. The summed E-state index contributed by atoms with van der Waals surface area (Å²) < 4.78 is 13.5. The summed E-state index contributed by atoms with van der Waals surface area (Å²) in [4.78, 5) is 14.2. The van der Waals surface area contributed by atoms with E-state index in [1.165, 1.54) is 0 Å². The standard InChI is InChI=1S/C16H18N4O3/c1-19(9-15-18-17-14-7-4-8-20(14)15)16(21)13-10-22-11-5-2-3-6-12(11)23-13/h2-3,5-6,13H,4,7-10H2,1H3/t13-/m1/s1. The molecular weight excluding hydrogens is 296 g/mol. The van der Waals surface area contributed by atoms with Crippen molar-refractivity contribution in [1.29, 1.82) is 0 Å². The minimum Gasteiger partial charge on any atom is -0.485 e. The SMILES string of the molecule is CN(Cc1nnc2n1CCC2)C(=O)[C@H]1COc2ccccc2O1. The molecule has 1 amide bonds. The fourth-order valence-corrected chi connectivity index (χ4v) is 3.00. The number of carbonyl (C=O) groups is 1. The molecule has 0 aliphatic carbocycles. The molecule has 4 rings (SSSR count). The van der Waals surface area contributed by atoms with Crippen molar-refractivity contribution >= 4 is 5.91 Å². The van der Waals surface area contributed by atoms with Gasteiger partial charge < -0.3 is 18.9 Å². The first-order chi connectivity index (χ1) is 11.2. The van der Waals surface area contributed by atoms with Crippen molar-refractivity contribution in [3.63, 3.8) is 0 Å². The Morgan fingerprint density at radius 3 is 3.04 bits per heavy atom. The Labute approximate surface area is 133 Å². The zero-order chi connectivity index (χ0) is 15.8. The first kappa shape index (κ1) is 14.0. The van der Waals surface area contributed by atoms with Crippen LogP contribution in [0.1, 0.15) is 18.1 Å². The molecular formula is C16H18N4O3. The molecule has 1 aromatic heterocycles. The number of rotatable bonds is 3. The Balaban J connectivity index is 1.45. The lowest BCUT2D eigenvalue weighted by atomic mass is 10.2. The smallest absolute Gasteiger partial charge is 0.267 e. The Hall–Kier alpha value is -2.57. The van der Waals surface area contributed by atoms with Crippen LogP contribution in [0.25, 0.3) is 0 Å². The highest BCUT2D eigenvalue weighted by Crippen LogP contribution is 2.31. The van der Waals surface area contributed by atoms with Crippen molar-refractivity contribution in [2.75, 3.05) is 13.7 Å². The normalized spacial score (nSPS) is 18.6. The zero-order valence-corrected chi connectivity index (χ0v) is 12.9. The first-order valence-electron chi connectivity index (χ1n) is 7.77. The van der Waals surface area contributed by atoms with Crippen molar-refractivity contribution in [2.24, 2.45) is 0 Å². The molecule has 0 N–H and O–H groups in total. The van der Waals surface area contributed by atoms with Crippen molar-refractivity contribution in [3.8, 4) is 11.5 Å². The summed E-state index contributed by atoms with van der Waals surface area (Å²) in [6.45, 7) is 1.57. The number of ether oxygens (including phenoxy) is 2. The topological polar surface area (TPSA) is 69.5 Å². The zero-order valence-electron chi connectivity index (χ0n) is 12.9. The van der Waals surface area contributed by atoms with Gasteiger partial charge in [0.05, 0.1) is 6.54 Å². The number of hydrogen-bond acceptors (Lipinski definition) is 5. The van der Waals surface area contributed by atoms with Gasteiger partial charge in [-0.15, -0.1) is 10.2 Å². The van der Waals surface area contributed by atoms with Gasteiger partial charge in [-0.2, -0.15) is 0 Å². The molecule has 0 unspecified atom stereocenters. The van der Waals surface area contributed by atoms with E-state index in [1.807, 2.05) is 18.2 Å². The minimum atomic E-state index is -0.629. The van der Waals surface area contributed by atoms with E-state index in [2.05, 4.69) is 14.8 Å². The molecule has 1 atom stereocenters. The van der Waals surface area contributed by atoms with Gasteiger partial charge in [-0.05, 0) is 18.6 Å². The van der Waals surface area contributed by atoms with Crippen LogP contribution in [0.3, 0.4) is 0 Å². The van der Waals surface area contributed by atoms with Crippen LogP contribution in [-0.2, 0) is 24.3 Å². The lowest BCUT2D eigenvalue weighted by Crippen LogP contribution is -2.44. The van der Waals surface area contributed by atoms with E-state index in [-0.39, 0.29) is 12.5 Å². The molecule has 120 valence electrons. The number of aryl methyl sites for hydroxylation is 1. The van der Waals surface area contributed by atoms with Gasteiger partial charge in [0.25, 0.3) is 5.91 Å². The molecule has 3 heterocycles. The highest BCUT2D eigenvalue weighted by molar-refractivity contribution is 5.81. The van der Waals surface area contributed by atoms with Crippen LogP contribution in [0, 0.1) is 0 Å². The van der Waals surface area contributed by atoms with E-state index < -0.39 is 6.10 Å². The third-order valence-corrected chi connectivity index (χ3v) is 4.22. The van der Waals surface area contributed by atoms with Gasteiger partial charge in [-0.3, -0.25) is 4.79 Å². The molecule has 23 heavy (non-hydrogen) atoms. The third kappa shape index (κ3) is 2.52. The second kappa shape index (κ2) is 5.57. The predicted molar refractivity (Wildman–Crippen MR) is 81.2 cm³/mol. The summed E-state index contributed by atoms with van der Waals surface area (Å²) in [5.41, 5.74) is 0. The Morgan fingerprint density at radius 1 is 1.35 bits per heavy atom. The fourth-order valence-electron chi connectivity index (χ4n) is 3.00. The van der Waals surface area contributed by atoms with E-state index in [0.717, 1.165) is 31.0 Å². The molecule has 2 aromatic rings. The van der Waals surface area contributed by atoms with E-state index in [9.17, 15) is 4.79 Å². The monoisotopic (exact) mass is 314 g/mol. The van der Waals surface area contributed by atoms with Crippen molar-refractivity contribution in [1.82, 2.24) is 19.7 Å². The maximum absolute atomic E-state index is 12.6. The van der Waals surface area contributed by atoms with Gasteiger partial charge in [0.2, 0.25) is 6.10 Å². The van der Waals surface area contributed by atoms with Crippen LogP contribution in [0.15, 0.2) is 24.3 Å². The second-order valence-electron chi connectivity index (χ2n) is 5.85. The van der Waals surface area contributed by atoms with Crippen LogP contribution >= 0.6 is 0 Å². The minimum absolute atomic E-state index is 0.116. The van der Waals surface area contributed by atoms with Crippen LogP contribution in [0.4, 0.5) is 0 Å². The van der Waals surface area contributed by atoms with Gasteiger partial charge in [-0.25, -0.2) is 0 Å². The van der Waals surface area contributed by atoms with E-state index in [4.69, 9.17) is 9.47 Å². The van der Waals surface area contributed by atoms with Crippen molar-refractivity contribution in [3.05, 3.63) is 35.9 Å². The third-order valence-electron chi connectivity index (χ3n) is 4.22. The molecule has 0 bridgehead atoms. The predicted octanol–water partition coefficient (Wildman–Crippen LogP) is 1.02. The number of hydrogen-bond donors (Lipinski definition) is 0. The Kier molecular flexibility index (Phi) is 3.40. The van der Waals surface area contributed by atoms with Crippen molar-refractivity contribution in [2.45, 2.75) is 32.0 Å². The number of carbonyl (C=O) groups excluding carboxylic acids is 1. The van der Waals surface area contributed by atoms with Crippen LogP contribution in [0.5, 0.6) is 11.5 Å². The number of nitrogens with zero attached hydrogens (tertiary/aromatic N) is 4. The van der Waals surface area contributed by atoms with Gasteiger partial charge in [-0.1, -0.05) is 12.1 Å². The lowest BCUT2D eigenvalue weighted by Gasteiger charge is -2.28. The lowest BCUT2D eigenvalue weighted by molar-refractivity contribution is -0.140.